The summed E-state index contributed by atoms with van der Waals surface area (Å²) < 4.78 is 1.13. The van der Waals surface area contributed by atoms with Crippen molar-refractivity contribution in [1.29, 1.82) is 0 Å². The molecule has 0 saturated carbocycles. The molecule has 0 atom stereocenters. The van der Waals surface area contributed by atoms with Crippen molar-refractivity contribution >= 4 is 22.0 Å². The fourth-order valence-corrected chi connectivity index (χ4v) is 1.48. The Labute approximate surface area is 87.8 Å². The third kappa shape index (κ3) is 3.33. The van der Waals surface area contributed by atoms with Gasteiger partial charge < -0.3 is 5.73 Å². The first kappa shape index (κ1) is 10.5. The minimum Gasteiger partial charge on any atom is -0.330 e. The quantitative estimate of drug-likeness (QED) is 0.863. The number of benzene rings is 1. The molecule has 2 N–H and O–H groups in total. The van der Waals surface area contributed by atoms with Gasteiger partial charge in [0.2, 0.25) is 0 Å². The molecule has 1 rings (SSSR count). The van der Waals surface area contributed by atoms with E-state index >= 15 is 0 Å². The van der Waals surface area contributed by atoms with Crippen LogP contribution in [0.4, 0.5) is 0 Å². The molecule has 0 aliphatic carbocycles. The average molecular weight is 240 g/mol. The first-order chi connectivity index (χ1) is 6.24. The van der Waals surface area contributed by atoms with Gasteiger partial charge in [-0.1, -0.05) is 45.8 Å². The summed E-state index contributed by atoms with van der Waals surface area (Å²) in [5.41, 5.74) is 7.89. The molecule has 0 unspecified atom stereocenters. The van der Waals surface area contributed by atoms with Crippen molar-refractivity contribution < 1.29 is 0 Å². The van der Waals surface area contributed by atoms with Gasteiger partial charge in [-0.3, -0.25) is 0 Å². The van der Waals surface area contributed by atoms with Gasteiger partial charge in [0.25, 0.3) is 0 Å². The second-order valence-corrected chi connectivity index (χ2v) is 3.86. The fraction of sp³-hybridized carbons (Fsp3) is 0.273. The molecule has 0 amide bonds. The molecule has 2 heteroatoms. The fourth-order valence-electron chi connectivity index (χ4n) is 1.10. The molecule has 0 aliphatic heterocycles. The van der Waals surface area contributed by atoms with Gasteiger partial charge in [0.1, 0.15) is 0 Å². The van der Waals surface area contributed by atoms with E-state index in [2.05, 4.69) is 53.2 Å². The second-order valence-electron chi connectivity index (χ2n) is 3.00. The van der Waals surface area contributed by atoms with E-state index in [9.17, 15) is 0 Å². The Morgan fingerprint density at radius 2 is 2.23 bits per heavy atom. The van der Waals surface area contributed by atoms with E-state index in [-0.39, 0.29) is 0 Å². The zero-order valence-corrected chi connectivity index (χ0v) is 9.34. The summed E-state index contributed by atoms with van der Waals surface area (Å²) in [5.74, 6) is 0. The van der Waals surface area contributed by atoms with E-state index < -0.39 is 0 Å². The predicted octanol–water partition coefficient (Wildman–Crippen LogP) is 3.12. The van der Waals surface area contributed by atoms with Crippen LogP contribution in [0.25, 0.3) is 6.08 Å². The van der Waals surface area contributed by atoms with Crippen molar-refractivity contribution in [1.82, 2.24) is 0 Å². The summed E-state index contributed by atoms with van der Waals surface area (Å²) in [6.07, 6.45) is 5.13. The summed E-state index contributed by atoms with van der Waals surface area (Å²) in [4.78, 5) is 0. The molecule has 0 aromatic heterocycles. The van der Waals surface area contributed by atoms with Crippen LogP contribution >= 0.6 is 15.9 Å². The monoisotopic (exact) mass is 239 g/mol. The second kappa shape index (κ2) is 5.20. The van der Waals surface area contributed by atoms with E-state index in [1.165, 1.54) is 11.1 Å². The maximum absolute atomic E-state index is 5.40. The number of aryl methyl sites for hydroxylation is 1. The number of rotatable bonds is 3. The highest BCUT2D eigenvalue weighted by Crippen LogP contribution is 2.19. The molecular formula is C11H14BrN. The van der Waals surface area contributed by atoms with Crippen molar-refractivity contribution in [2.24, 2.45) is 5.73 Å². The third-order valence-corrected chi connectivity index (χ3v) is 2.50. The molecule has 0 saturated heterocycles. The number of nitrogens with two attached hydrogens (primary N) is 1. The molecule has 70 valence electrons. The predicted molar refractivity (Wildman–Crippen MR) is 61.6 cm³/mol. The minimum atomic E-state index is 0.708. The Hall–Kier alpha value is -0.600. The van der Waals surface area contributed by atoms with E-state index in [1.54, 1.807) is 0 Å². The maximum atomic E-state index is 5.40. The number of halogens is 1. The van der Waals surface area contributed by atoms with Gasteiger partial charge in [0.15, 0.2) is 0 Å². The van der Waals surface area contributed by atoms with Gasteiger partial charge in [-0.2, -0.15) is 0 Å². The van der Waals surface area contributed by atoms with Crippen LogP contribution in [0.3, 0.4) is 0 Å². The first-order valence-electron chi connectivity index (χ1n) is 4.37. The topological polar surface area (TPSA) is 26.0 Å². The third-order valence-electron chi connectivity index (χ3n) is 1.78. The lowest BCUT2D eigenvalue weighted by Crippen LogP contribution is -1.95. The molecule has 0 radical (unpaired) electrons. The first-order valence-corrected chi connectivity index (χ1v) is 5.16. The summed E-state index contributed by atoms with van der Waals surface area (Å²) in [6.45, 7) is 2.80. The lowest BCUT2D eigenvalue weighted by Gasteiger charge is -1.99. The molecule has 0 fully saturated rings. The van der Waals surface area contributed by atoms with Gasteiger partial charge in [0, 0.05) is 4.47 Å². The Balaban J connectivity index is 2.81. The lowest BCUT2D eigenvalue weighted by atomic mass is 10.1. The molecule has 0 heterocycles. The van der Waals surface area contributed by atoms with Crippen molar-refractivity contribution in [3.05, 3.63) is 39.9 Å². The van der Waals surface area contributed by atoms with Crippen LogP contribution in [0.1, 0.15) is 17.5 Å². The van der Waals surface area contributed by atoms with Crippen molar-refractivity contribution in [3.8, 4) is 0 Å². The van der Waals surface area contributed by atoms with E-state index in [0.717, 1.165) is 10.9 Å². The number of hydrogen-bond donors (Lipinski definition) is 1. The Morgan fingerprint density at radius 3 is 2.92 bits per heavy atom. The largest absolute Gasteiger partial charge is 0.330 e. The summed E-state index contributed by atoms with van der Waals surface area (Å²) in [7, 11) is 0. The highest BCUT2D eigenvalue weighted by Gasteiger charge is 1.94. The zero-order valence-electron chi connectivity index (χ0n) is 7.76. The summed E-state index contributed by atoms with van der Waals surface area (Å²) in [6, 6.07) is 6.30. The summed E-state index contributed by atoms with van der Waals surface area (Å²) in [5, 5.41) is 0. The number of hydrogen-bond acceptors (Lipinski definition) is 1. The highest BCUT2D eigenvalue weighted by atomic mass is 79.9. The van der Waals surface area contributed by atoms with Gasteiger partial charge in [-0.15, -0.1) is 0 Å². The van der Waals surface area contributed by atoms with Crippen LogP contribution in [0.2, 0.25) is 0 Å². The van der Waals surface area contributed by atoms with Crippen molar-refractivity contribution in [2.75, 3.05) is 6.54 Å². The SMILES string of the molecule is Cc1ccc(Br)c(C=CCCN)c1. The molecule has 13 heavy (non-hydrogen) atoms. The van der Waals surface area contributed by atoms with E-state index in [0.29, 0.717) is 6.54 Å². The summed E-state index contributed by atoms with van der Waals surface area (Å²) >= 11 is 3.50. The van der Waals surface area contributed by atoms with Crippen LogP contribution in [0.5, 0.6) is 0 Å². The molecule has 1 nitrogen and oxygen atoms in total. The Morgan fingerprint density at radius 1 is 1.46 bits per heavy atom. The van der Waals surface area contributed by atoms with Gasteiger partial charge >= 0.3 is 0 Å². The minimum absolute atomic E-state index is 0.708. The molecule has 1 aromatic carbocycles. The van der Waals surface area contributed by atoms with Crippen LogP contribution in [-0.2, 0) is 0 Å². The van der Waals surface area contributed by atoms with Crippen LogP contribution in [-0.4, -0.2) is 6.54 Å². The van der Waals surface area contributed by atoms with Gasteiger partial charge in [-0.25, -0.2) is 0 Å². The molecular weight excluding hydrogens is 226 g/mol. The van der Waals surface area contributed by atoms with E-state index in [1.807, 2.05) is 0 Å². The van der Waals surface area contributed by atoms with E-state index in [4.69, 9.17) is 5.73 Å². The lowest BCUT2D eigenvalue weighted by molar-refractivity contribution is 1.01. The smallest absolute Gasteiger partial charge is 0.0247 e. The highest BCUT2D eigenvalue weighted by molar-refractivity contribution is 9.10. The van der Waals surface area contributed by atoms with Gasteiger partial charge in [0.05, 0.1) is 0 Å². The molecule has 0 bridgehead atoms. The Bertz CT molecular complexity index is 305. The van der Waals surface area contributed by atoms with Crippen molar-refractivity contribution in [3.63, 3.8) is 0 Å². The van der Waals surface area contributed by atoms with Crippen molar-refractivity contribution in [2.45, 2.75) is 13.3 Å². The maximum Gasteiger partial charge on any atom is 0.0247 e. The zero-order chi connectivity index (χ0) is 9.68. The molecule has 1 aromatic rings. The van der Waals surface area contributed by atoms with Crippen LogP contribution in [0, 0.1) is 6.92 Å². The normalized spacial score (nSPS) is 11.0. The van der Waals surface area contributed by atoms with Crippen LogP contribution < -0.4 is 5.73 Å². The molecule has 0 aliphatic rings. The van der Waals surface area contributed by atoms with Crippen LogP contribution in [0.15, 0.2) is 28.7 Å². The standard InChI is InChI=1S/C11H14BrN/c1-9-5-6-11(12)10(8-9)4-2-3-7-13/h2,4-6,8H,3,7,13H2,1H3. The average Bonchev–Trinajstić information content (AvgIpc) is 2.11. The Kier molecular flexibility index (Phi) is 4.19. The van der Waals surface area contributed by atoms with Gasteiger partial charge in [-0.05, 0) is 31.5 Å². The molecule has 0 spiro atoms.